The van der Waals surface area contributed by atoms with Gasteiger partial charge in [0.05, 0.1) is 31.1 Å². The summed E-state index contributed by atoms with van der Waals surface area (Å²) in [6, 6.07) is 10.6. The van der Waals surface area contributed by atoms with Crippen LogP contribution in [0.5, 0.6) is 17.2 Å². The zero-order valence-electron chi connectivity index (χ0n) is 19.0. The van der Waals surface area contributed by atoms with Crippen LogP contribution < -0.4 is 25.3 Å². The molecule has 0 aliphatic carbocycles. The van der Waals surface area contributed by atoms with E-state index >= 15 is 0 Å². The SMILES string of the molecule is CCCCOc1ccc(C(=O)Nc2ccc(N)cc2OCCCC)c(OCCCC)c1. The molecule has 2 aromatic carbocycles. The monoisotopic (exact) mass is 428 g/mol. The first-order valence-electron chi connectivity index (χ1n) is 11.3. The molecule has 0 saturated heterocycles. The Morgan fingerprint density at radius 3 is 2.06 bits per heavy atom. The number of hydrogen-bond donors (Lipinski definition) is 2. The Labute approximate surface area is 186 Å². The van der Waals surface area contributed by atoms with Gasteiger partial charge in [-0.1, -0.05) is 40.0 Å². The molecule has 2 rings (SSSR count). The number of nitrogens with two attached hydrogens (primary N) is 1. The summed E-state index contributed by atoms with van der Waals surface area (Å²) in [6.45, 7) is 8.07. The molecule has 0 aliphatic heterocycles. The smallest absolute Gasteiger partial charge is 0.259 e. The van der Waals surface area contributed by atoms with E-state index in [4.69, 9.17) is 19.9 Å². The molecule has 0 fully saturated rings. The Bertz CT molecular complexity index is 823. The van der Waals surface area contributed by atoms with Gasteiger partial charge in [-0.2, -0.15) is 0 Å². The van der Waals surface area contributed by atoms with E-state index in [1.54, 1.807) is 36.4 Å². The lowest BCUT2D eigenvalue weighted by Crippen LogP contribution is -2.15. The zero-order valence-corrected chi connectivity index (χ0v) is 19.0. The van der Waals surface area contributed by atoms with E-state index < -0.39 is 0 Å². The molecule has 0 saturated carbocycles. The molecule has 0 bridgehead atoms. The topological polar surface area (TPSA) is 82.8 Å². The van der Waals surface area contributed by atoms with Gasteiger partial charge in [0.15, 0.2) is 0 Å². The van der Waals surface area contributed by atoms with Crippen molar-refractivity contribution in [2.24, 2.45) is 0 Å². The van der Waals surface area contributed by atoms with Gasteiger partial charge in [0.1, 0.15) is 17.2 Å². The van der Waals surface area contributed by atoms with Crippen molar-refractivity contribution in [3.8, 4) is 17.2 Å². The van der Waals surface area contributed by atoms with Crippen LogP contribution in [0.1, 0.15) is 69.7 Å². The molecule has 0 aromatic heterocycles. The van der Waals surface area contributed by atoms with Gasteiger partial charge < -0.3 is 25.3 Å². The normalized spacial score (nSPS) is 10.5. The van der Waals surface area contributed by atoms with Crippen LogP contribution >= 0.6 is 0 Å². The van der Waals surface area contributed by atoms with Crippen LogP contribution in [-0.4, -0.2) is 25.7 Å². The largest absolute Gasteiger partial charge is 0.493 e. The number of carbonyl (C=O) groups excluding carboxylic acids is 1. The Morgan fingerprint density at radius 1 is 0.806 bits per heavy atom. The molecule has 6 heteroatoms. The fourth-order valence-electron chi connectivity index (χ4n) is 2.84. The molecule has 0 radical (unpaired) electrons. The van der Waals surface area contributed by atoms with Gasteiger partial charge in [-0.15, -0.1) is 0 Å². The van der Waals surface area contributed by atoms with Crippen molar-refractivity contribution in [1.29, 1.82) is 0 Å². The number of nitrogens with one attached hydrogen (secondary N) is 1. The fourth-order valence-corrected chi connectivity index (χ4v) is 2.84. The second kappa shape index (κ2) is 13.4. The number of nitrogen functional groups attached to an aromatic ring is 1. The molecular weight excluding hydrogens is 392 g/mol. The summed E-state index contributed by atoms with van der Waals surface area (Å²) in [6.07, 6.45) is 5.91. The third kappa shape index (κ3) is 8.04. The predicted octanol–water partition coefficient (Wildman–Crippen LogP) is 6.06. The maximum absolute atomic E-state index is 13.1. The average Bonchev–Trinajstić information content (AvgIpc) is 2.76. The molecule has 6 nitrogen and oxygen atoms in total. The number of unbranched alkanes of at least 4 members (excludes halogenated alkanes) is 3. The van der Waals surface area contributed by atoms with E-state index in [2.05, 4.69) is 26.1 Å². The van der Waals surface area contributed by atoms with Crippen molar-refractivity contribution >= 4 is 17.3 Å². The van der Waals surface area contributed by atoms with Crippen LogP contribution in [0.2, 0.25) is 0 Å². The van der Waals surface area contributed by atoms with E-state index in [1.807, 2.05) is 0 Å². The molecule has 31 heavy (non-hydrogen) atoms. The minimum Gasteiger partial charge on any atom is -0.493 e. The van der Waals surface area contributed by atoms with Crippen molar-refractivity contribution in [3.63, 3.8) is 0 Å². The van der Waals surface area contributed by atoms with E-state index in [-0.39, 0.29) is 5.91 Å². The molecule has 0 spiro atoms. The Kier molecular flexibility index (Phi) is 10.6. The predicted molar refractivity (Wildman–Crippen MR) is 126 cm³/mol. The third-order valence-corrected chi connectivity index (χ3v) is 4.73. The maximum atomic E-state index is 13.1. The molecule has 2 aromatic rings. The van der Waals surface area contributed by atoms with E-state index in [0.29, 0.717) is 54.0 Å². The van der Waals surface area contributed by atoms with Gasteiger partial charge in [-0.25, -0.2) is 0 Å². The van der Waals surface area contributed by atoms with Crippen LogP contribution in [0.15, 0.2) is 36.4 Å². The molecule has 170 valence electrons. The lowest BCUT2D eigenvalue weighted by atomic mass is 10.1. The second-order valence-electron chi connectivity index (χ2n) is 7.47. The van der Waals surface area contributed by atoms with Crippen LogP contribution in [0.3, 0.4) is 0 Å². The first-order valence-corrected chi connectivity index (χ1v) is 11.3. The number of carbonyl (C=O) groups is 1. The van der Waals surface area contributed by atoms with Gasteiger partial charge in [0.2, 0.25) is 0 Å². The number of anilines is 2. The van der Waals surface area contributed by atoms with Gasteiger partial charge in [0.25, 0.3) is 5.91 Å². The number of rotatable bonds is 14. The lowest BCUT2D eigenvalue weighted by molar-refractivity contribution is 0.102. The van der Waals surface area contributed by atoms with E-state index in [0.717, 1.165) is 38.5 Å². The van der Waals surface area contributed by atoms with Crippen LogP contribution in [0, 0.1) is 0 Å². The summed E-state index contributed by atoms with van der Waals surface area (Å²) in [5.41, 5.74) is 7.53. The standard InChI is InChI=1S/C25H36N2O4/c1-4-7-14-29-20-11-12-21(23(18-20)30-15-8-5-2)25(28)27-22-13-10-19(26)17-24(22)31-16-9-6-3/h10-13,17-18H,4-9,14-16,26H2,1-3H3,(H,27,28). The van der Waals surface area contributed by atoms with Crippen molar-refractivity contribution in [2.45, 2.75) is 59.3 Å². The van der Waals surface area contributed by atoms with Crippen molar-refractivity contribution in [1.82, 2.24) is 0 Å². The molecule has 0 atom stereocenters. The van der Waals surface area contributed by atoms with E-state index in [1.165, 1.54) is 0 Å². The van der Waals surface area contributed by atoms with Gasteiger partial charge in [-0.05, 0) is 43.5 Å². The first kappa shape index (κ1) is 24.4. The van der Waals surface area contributed by atoms with Crippen LogP contribution in [0.4, 0.5) is 11.4 Å². The number of benzene rings is 2. The molecule has 3 N–H and O–H groups in total. The molecule has 0 aliphatic rings. The number of amides is 1. The highest BCUT2D eigenvalue weighted by Gasteiger charge is 2.16. The molecular formula is C25H36N2O4. The summed E-state index contributed by atoms with van der Waals surface area (Å²) < 4.78 is 17.5. The highest BCUT2D eigenvalue weighted by Crippen LogP contribution is 2.30. The lowest BCUT2D eigenvalue weighted by Gasteiger charge is -2.16. The van der Waals surface area contributed by atoms with Crippen molar-refractivity contribution in [3.05, 3.63) is 42.0 Å². The van der Waals surface area contributed by atoms with Gasteiger partial charge >= 0.3 is 0 Å². The van der Waals surface area contributed by atoms with Crippen LogP contribution in [-0.2, 0) is 0 Å². The van der Waals surface area contributed by atoms with Crippen LogP contribution in [0.25, 0.3) is 0 Å². The fraction of sp³-hybridized carbons (Fsp3) is 0.480. The number of hydrogen-bond acceptors (Lipinski definition) is 5. The van der Waals surface area contributed by atoms with Gasteiger partial charge in [-0.3, -0.25) is 4.79 Å². The summed E-state index contributed by atoms with van der Waals surface area (Å²) in [4.78, 5) is 13.1. The highest BCUT2D eigenvalue weighted by atomic mass is 16.5. The molecule has 0 unspecified atom stereocenters. The quantitative estimate of drug-likeness (QED) is 0.282. The zero-order chi connectivity index (χ0) is 22.5. The maximum Gasteiger partial charge on any atom is 0.259 e. The molecule has 1 amide bonds. The van der Waals surface area contributed by atoms with E-state index in [9.17, 15) is 4.79 Å². The molecule has 0 heterocycles. The number of ether oxygens (including phenoxy) is 3. The summed E-state index contributed by atoms with van der Waals surface area (Å²) in [5.74, 6) is 1.52. The second-order valence-corrected chi connectivity index (χ2v) is 7.47. The Balaban J connectivity index is 2.20. The van der Waals surface area contributed by atoms with Crippen molar-refractivity contribution < 1.29 is 19.0 Å². The summed E-state index contributed by atoms with van der Waals surface area (Å²) >= 11 is 0. The highest BCUT2D eigenvalue weighted by molar-refractivity contribution is 6.07. The summed E-state index contributed by atoms with van der Waals surface area (Å²) in [5, 5.41) is 2.94. The third-order valence-electron chi connectivity index (χ3n) is 4.73. The Morgan fingerprint density at radius 2 is 1.42 bits per heavy atom. The van der Waals surface area contributed by atoms with Gasteiger partial charge in [0, 0.05) is 17.8 Å². The summed E-state index contributed by atoms with van der Waals surface area (Å²) in [7, 11) is 0. The minimum absolute atomic E-state index is 0.267. The Hall–Kier alpha value is -2.89. The average molecular weight is 429 g/mol. The first-order chi connectivity index (χ1) is 15.1. The minimum atomic E-state index is -0.267. The van der Waals surface area contributed by atoms with Crippen molar-refractivity contribution in [2.75, 3.05) is 30.9 Å².